The molecule has 0 aromatic carbocycles. The average Bonchev–Trinajstić information content (AvgIpc) is 1.97. The van der Waals surface area contributed by atoms with Crippen LogP contribution in [0.1, 0.15) is 26.7 Å². The summed E-state index contributed by atoms with van der Waals surface area (Å²) in [6.07, 6.45) is 2.61. The molecule has 0 saturated carbocycles. The predicted octanol–water partition coefficient (Wildman–Crippen LogP) is 0.962. The Kier molecular flexibility index (Phi) is 44.9. The van der Waals surface area contributed by atoms with Crippen LogP contribution in [-0.2, 0) is 11.0 Å². The van der Waals surface area contributed by atoms with Gasteiger partial charge in [0.1, 0.15) is 0 Å². The molecule has 80 valence electrons. The first-order valence-corrected chi connectivity index (χ1v) is 7.34. The zero-order valence-corrected chi connectivity index (χ0v) is 9.88. The fraction of sp³-hybridized carbons (Fsp3) is 1.00. The van der Waals surface area contributed by atoms with E-state index >= 15 is 0 Å². The van der Waals surface area contributed by atoms with Crippen molar-refractivity contribution in [2.45, 2.75) is 26.7 Å². The third kappa shape index (κ3) is 46.7. The molecule has 0 aromatic rings. The molecular formula is C6H18Na2O3S3. The minimum absolute atomic E-state index is 0. The van der Waals surface area contributed by atoms with E-state index in [1.165, 1.54) is 24.3 Å². The van der Waals surface area contributed by atoms with E-state index in [2.05, 4.69) is 13.8 Å². The van der Waals surface area contributed by atoms with Crippen LogP contribution in [0.25, 0.3) is 0 Å². The molecule has 0 aliphatic heterocycles. The summed E-state index contributed by atoms with van der Waals surface area (Å²) in [6, 6.07) is 0. The Morgan fingerprint density at radius 2 is 1.21 bits per heavy atom. The molecule has 0 spiro atoms. The van der Waals surface area contributed by atoms with E-state index in [4.69, 9.17) is 13.0 Å². The third-order valence-electron chi connectivity index (χ3n) is 0.658. The molecule has 0 heterocycles. The fourth-order valence-corrected chi connectivity index (χ4v) is 2.56. The molecule has 0 saturated heterocycles. The first-order valence-electron chi connectivity index (χ1n) is 3.72. The van der Waals surface area contributed by atoms with Crippen molar-refractivity contribution >= 4 is 91.7 Å². The van der Waals surface area contributed by atoms with Crippen molar-refractivity contribution in [1.82, 2.24) is 0 Å². The van der Waals surface area contributed by atoms with Gasteiger partial charge in [0.15, 0.2) is 0 Å². The second-order valence-electron chi connectivity index (χ2n) is 1.88. The first-order chi connectivity index (χ1) is 5.65. The summed E-state index contributed by atoms with van der Waals surface area (Å²) in [4.78, 5) is 0. The van der Waals surface area contributed by atoms with Crippen LogP contribution in [0.5, 0.6) is 0 Å². The third-order valence-corrected chi connectivity index (χ3v) is 3.47. The van der Waals surface area contributed by atoms with E-state index in [0.29, 0.717) is 0 Å². The topological polar surface area (TPSA) is 54.4 Å². The van der Waals surface area contributed by atoms with Crippen LogP contribution in [-0.4, -0.2) is 83.6 Å². The van der Waals surface area contributed by atoms with E-state index in [1.54, 1.807) is 0 Å². The molecule has 0 aromatic heterocycles. The van der Waals surface area contributed by atoms with E-state index in [1.807, 2.05) is 21.6 Å². The van der Waals surface area contributed by atoms with Crippen molar-refractivity contribution in [2.75, 3.05) is 11.5 Å². The van der Waals surface area contributed by atoms with Crippen LogP contribution in [0.15, 0.2) is 0 Å². The Balaban J connectivity index is -0.0000000733. The molecule has 0 atom stereocenters. The standard InChI is InChI=1S/C6H14S2.2Na.H2O3S.2H/c1-3-5-7-8-6-4-2;;;1-4(2)3;;/h3-6H2,1-2H3;;;4H,(H,1,2,3);;. The molecule has 8 heteroatoms. The van der Waals surface area contributed by atoms with Crippen molar-refractivity contribution in [1.29, 1.82) is 0 Å². The number of hydrogen-bond acceptors (Lipinski definition) is 4. The molecule has 0 bridgehead atoms. The molecule has 0 aliphatic carbocycles. The summed E-state index contributed by atoms with van der Waals surface area (Å²) in [7, 11) is 0.869. The molecule has 14 heavy (non-hydrogen) atoms. The number of hydrogen-bond donors (Lipinski definition) is 2. The molecule has 3 nitrogen and oxygen atoms in total. The van der Waals surface area contributed by atoms with Gasteiger partial charge in [-0.05, 0) is 12.8 Å². The molecule has 0 amide bonds. The Morgan fingerprint density at radius 1 is 1.00 bits per heavy atom. The zero-order valence-electron chi connectivity index (χ0n) is 7.36. The molecule has 0 radical (unpaired) electrons. The van der Waals surface area contributed by atoms with Crippen LogP contribution in [0.2, 0.25) is 0 Å². The maximum absolute atomic E-state index is 8.59. The van der Waals surface area contributed by atoms with Gasteiger partial charge in [0, 0.05) is 11.5 Å². The Morgan fingerprint density at radius 3 is 1.36 bits per heavy atom. The average molecular weight is 280 g/mol. The monoisotopic (exact) mass is 280 g/mol. The minimum atomic E-state index is -3.12. The van der Waals surface area contributed by atoms with Gasteiger partial charge in [-0.3, -0.25) is 4.55 Å². The van der Waals surface area contributed by atoms with Gasteiger partial charge >= 0.3 is 59.1 Å². The van der Waals surface area contributed by atoms with Gasteiger partial charge in [0.2, 0.25) is 0 Å². The van der Waals surface area contributed by atoms with Crippen LogP contribution in [0.4, 0.5) is 0 Å². The summed E-state index contributed by atoms with van der Waals surface area (Å²) < 4.78 is 24.2. The second-order valence-corrected chi connectivity index (χ2v) is 5.06. The summed E-state index contributed by atoms with van der Waals surface area (Å²) in [5.74, 6) is 2.62. The van der Waals surface area contributed by atoms with E-state index < -0.39 is 11.0 Å². The van der Waals surface area contributed by atoms with Gasteiger partial charge in [-0.1, -0.05) is 35.4 Å². The molecule has 0 rings (SSSR count). The Labute approximate surface area is 141 Å². The summed E-state index contributed by atoms with van der Waals surface area (Å²) in [5.41, 5.74) is 0. The van der Waals surface area contributed by atoms with Crippen LogP contribution in [0.3, 0.4) is 0 Å². The Bertz CT molecular complexity index is 130. The van der Waals surface area contributed by atoms with Crippen molar-refractivity contribution in [3.8, 4) is 0 Å². The van der Waals surface area contributed by atoms with Gasteiger partial charge in [-0.15, -0.1) is 0 Å². The fourth-order valence-electron chi connectivity index (χ4n) is 0.285. The molecule has 0 fully saturated rings. The SMILES string of the molecule is CCCSSCCC.O=[SH](=O)O.[NaH].[NaH]. The van der Waals surface area contributed by atoms with E-state index in [-0.39, 0.29) is 59.1 Å². The number of rotatable bonds is 5. The summed E-state index contributed by atoms with van der Waals surface area (Å²) in [5, 5.41) is 0. The predicted molar refractivity (Wildman–Crippen MR) is 72.7 cm³/mol. The summed E-state index contributed by atoms with van der Waals surface area (Å²) in [6.45, 7) is 4.44. The van der Waals surface area contributed by atoms with Crippen LogP contribution >= 0.6 is 21.6 Å². The maximum atomic E-state index is 8.59. The van der Waals surface area contributed by atoms with Gasteiger partial charge in [-0.2, -0.15) is 0 Å². The van der Waals surface area contributed by atoms with Crippen molar-refractivity contribution < 1.29 is 13.0 Å². The van der Waals surface area contributed by atoms with Gasteiger partial charge < -0.3 is 0 Å². The van der Waals surface area contributed by atoms with Crippen LogP contribution in [0, 0.1) is 0 Å². The van der Waals surface area contributed by atoms with Crippen molar-refractivity contribution in [3.05, 3.63) is 0 Å². The normalized spacial score (nSPS) is 8.00. The van der Waals surface area contributed by atoms with Gasteiger partial charge in [0.25, 0.3) is 11.0 Å². The van der Waals surface area contributed by atoms with Crippen molar-refractivity contribution in [3.63, 3.8) is 0 Å². The second kappa shape index (κ2) is 24.7. The number of thiol groups is 1. The molecular weight excluding hydrogens is 262 g/mol. The van der Waals surface area contributed by atoms with Gasteiger partial charge in [0.05, 0.1) is 0 Å². The molecule has 1 N–H and O–H groups in total. The van der Waals surface area contributed by atoms with Crippen molar-refractivity contribution in [2.24, 2.45) is 0 Å². The molecule has 0 aliphatic rings. The van der Waals surface area contributed by atoms with Gasteiger partial charge in [-0.25, -0.2) is 8.42 Å². The quantitative estimate of drug-likeness (QED) is 0.258. The zero-order chi connectivity index (χ0) is 9.82. The molecule has 0 unspecified atom stereocenters. The first kappa shape index (κ1) is 25.5. The van der Waals surface area contributed by atoms with E-state index in [0.717, 1.165) is 0 Å². The van der Waals surface area contributed by atoms with E-state index in [9.17, 15) is 0 Å². The van der Waals surface area contributed by atoms with Crippen LogP contribution < -0.4 is 0 Å². The summed E-state index contributed by atoms with van der Waals surface area (Å²) >= 11 is 0. The Hall–Kier alpha value is 2.61.